The second kappa shape index (κ2) is 4.57. The van der Waals surface area contributed by atoms with E-state index in [4.69, 9.17) is 0 Å². The molecule has 0 aliphatic rings. The molecule has 1 aromatic carbocycles. The van der Waals surface area contributed by atoms with Gasteiger partial charge in [0.05, 0.1) is 0 Å². The van der Waals surface area contributed by atoms with E-state index < -0.39 is 0 Å². The molecule has 0 bridgehead atoms. The zero-order valence-corrected chi connectivity index (χ0v) is 9.44. The van der Waals surface area contributed by atoms with Gasteiger partial charge < -0.3 is 0 Å². The molecule has 72 valence electrons. The Balaban J connectivity index is 2.25. The Kier molecular flexibility index (Phi) is 3.16. The fourth-order valence-electron chi connectivity index (χ4n) is 1.09. The Labute approximate surface area is 91.4 Å². The molecule has 1 heterocycles. The highest BCUT2D eigenvalue weighted by Gasteiger charge is 2.04. The lowest BCUT2D eigenvalue weighted by Crippen LogP contribution is -1.74. The summed E-state index contributed by atoms with van der Waals surface area (Å²) in [5.74, 6) is 1.05. The van der Waals surface area contributed by atoms with Crippen LogP contribution in [-0.2, 0) is 0 Å². The SMILES string of the molecule is CCSc1nnc(-c2ccccc2)s1. The van der Waals surface area contributed by atoms with Crippen LogP contribution in [0.25, 0.3) is 10.6 Å². The average Bonchev–Trinajstić information content (AvgIpc) is 2.68. The molecule has 2 aromatic rings. The minimum absolute atomic E-state index is 1.00. The summed E-state index contributed by atoms with van der Waals surface area (Å²) in [6, 6.07) is 10.2. The van der Waals surface area contributed by atoms with Crippen molar-refractivity contribution in [2.75, 3.05) is 5.75 Å². The van der Waals surface area contributed by atoms with Crippen molar-refractivity contribution < 1.29 is 0 Å². The average molecular weight is 222 g/mol. The van der Waals surface area contributed by atoms with E-state index in [0.717, 1.165) is 20.7 Å². The van der Waals surface area contributed by atoms with Crippen LogP contribution in [0.2, 0.25) is 0 Å². The van der Waals surface area contributed by atoms with E-state index in [2.05, 4.69) is 29.3 Å². The first kappa shape index (κ1) is 9.68. The van der Waals surface area contributed by atoms with Gasteiger partial charge in [0, 0.05) is 5.56 Å². The van der Waals surface area contributed by atoms with Crippen LogP contribution in [-0.4, -0.2) is 16.0 Å². The topological polar surface area (TPSA) is 25.8 Å². The van der Waals surface area contributed by atoms with Crippen molar-refractivity contribution >= 4 is 23.1 Å². The molecule has 2 nitrogen and oxygen atoms in total. The quantitative estimate of drug-likeness (QED) is 0.745. The van der Waals surface area contributed by atoms with Crippen molar-refractivity contribution in [1.82, 2.24) is 10.2 Å². The maximum absolute atomic E-state index is 4.15. The number of hydrogen-bond donors (Lipinski definition) is 0. The normalized spacial score (nSPS) is 10.4. The summed E-state index contributed by atoms with van der Waals surface area (Å²) in [6.07, 6.45) is 0. The molecule has 0 saturated carbocycles. The fraction of sp³-hybridized carbons (Fsp3) is 0.200. The molecule has 0 amide bonds. The van der Waals surface area contributed by atoms with Crippen molar-refractivity contribution in [1.29, 1.82) is 0 Å². The molecule has 0 atom stereocenters. The Morgan fingerprint density at radius 3 is 2.71 bits per heavy atom. The van der Waals surface area contributed by atoms with E-state index in [1.807, 2.05) is 18.2 Å². The minimum Gasteiger partial charge on any atom is -0.137 e. The molecule has 4 heteroatoms. The monoisotopic (exact) mass is 222 g/mol. The van der Waals surface area contributed by atoms with Gasteiger partial charge in [0.2, 0.25) is 0 Å². The van der Waals surface area contributed by atoms with E-state index in [0.29, 0.717) is 0 Å². The van der Waals surface area contributed by atoms with Gasteiger partial charge in [-0.15, -0.1) is 10.2 Å². The molecule has 14 heavy (non-hydrogen) atoms. The molecule has 0 radical (unpaired) electrons. The molecule has 0 aliphatic heterocycles. The van der Waals surface area contributed by atoms with Gasteiger partial charge in [0.15, 0.2) is 4.34 Å². The van der Waals surface area contributed by atoms with Gasteiger partial charge in [-0.1, -0.05) is 60.4 Å². The first-order valence-electron chi connectivity index (χ1n) is 4.42. The van der Waals surface area contributed by atoms with Gasteiger partial charge in [-0.3, -0.25) is 0 Å². The van der Waals surface area contributed by atoms with Gasteiger partial charge in [-0.25, -0.2) is 0 Å². The molecule has 2 rings (SSSR count). The Morgan fingerprint density at radius 1 is 1.21 bits per heavy atom. The fourth-order valence-corrected chi connectivity index (χ4v) is 2.84. The summed E-state index contributed by atoms with van der Waals surface area (Å²) in [6.45, 7) is 2.12. The van der Waals surface area contributed by atoms with Crippen LogP contribution in [0.5, 0.6) is 0 Å². The van der Waals surface area contributed by atoms with Crippen LogP contribution in [0, 0.1) is 0 Å². The van der Waals surface area contributed by atoms with Crippen LogP contribution in [0.1, 0.15) is 6.92 Å². The zero-order valence-electron chi connectivity index (χ0n) is 7.80. The number of benzene rings is 1. The Morgan fingerprint density at radius 2 is 2.00 bits per heavy atom. The second-order valence-corrected chi connectivity index (χ2v) is 5.16. The molecule has 0 aliphatic carbocycles. The summed E-state index contributed by atoms with van der Waals surface area (Å²) < 4.78 is 1.05. The van der Waals surface area contributed by atoms with Crippen molar-refractivity contribution in [3.05, 3.63) is 30.3 Å². The lowest BCUT2D eigenvalue weighted by molar-refractivity contribution is 1.01. The third-order valence-electron chi connectivity index (χ3n) is 1.70. The molecule has 0 fully saturated rings. The zero-order chi connectivity index (χ0) is 9.80. The van der Waals surface area contributed by atoms with E-state index in [1.165, 1.54) is 0 Å². The number of rotatable bonds is 3. The maximum Gasteiger partial charge on any atom is 0.174 e. The lowest BCUT2D eigenvalue weighted by Gasteiger charge is -1.91. The summed E-state index contributed by atoms with van der Waals surface area (Å²) in [5, 5.41) is 9.27. The van der Waals surface area contributed by atoms with E-state index in [-0.39, 0.29) is 0 Å². The summed E-state index contributed by atoms with van der Waals surface area (Å²) in [5.41, 5.74) is 1.15. The predicted molar refractivity (Wildman–Crippen MR) is 61.7 cm³/mol. The van der Waals surface area contributed by atoms with Gasteiger partial charge in [-0.05, 0) is 5.75 Å². The van der Waals surface area contributed by atoms with Crippen LogP contribution < -0.4 is 0 Å². The number of nitrogens with zero attached hydrogens (tertiary/aromatic N) is 2. The van der Waals surface area contributed by atoms with Crippen molar-refractivity contribution in [2.24, 2.45) is 0 Å². The number of thioether (sulfide) groups is 1. The second-order valence-electron chi connectivity index (χ2n) is 2.67. The van der Waals surface area contributed by atoms with Crippen molar-refractivity contribution in [2.45, 2.75) is 11.3 Å². The minimum atomic E-state index is 1.00. The third-order valence-corrected chi connectivity index (χ3v) is 3.68. The number of hydrogen-bond acceptors (Lipinski definition) is 4. The first-order valence-corrected chi connectivity index (χ1v) is 6.22. The predicted octanol–water partition coefficient (Wildman–Crippen LogP) is 3.32. The number of aromatic nitrogens is 2. The van der Waals surface area contributed by atoms with Crippen LogP contribution in [0.15, 0.2) is 34.7 Å². The van der Waals surface area contributed by atoms with Crippen molar-refractivity contribution in [3.63, 3.8) is 0 Å². The summed E-state index contributed by atoms with van der Waals surface area (Å²) >= 11 is 3.39. The van der Waals surface area contributed by atoms with Gasteiger partial charge in [-0.2, -0.15) is 0 Å². The van der Waals surface area contributed by atoms with Crippen LogP contribution in [0.4, 0.5) is 0 Å². The Hall–Kier alpha value is -0.870. The summed E-state index contributed by atoms with van der Waals surface area (Å²) in [4.78, 5) is 0. The van der Waals surface area contributed by atoms with E-state index in [9.17, 15) is 0 Å². The first-order chi connectivity index (χ1) is 6.90. The highest BCUT2D eigenvalue weighted by molar-refractivity contribution is 8.01. The smallest absolute Gasteiger partial charge is 0.137 e. The van der Waals surface area contributed by atoms with Crippen LogP contribution >= 0.6 is 23.1 Å². The molecular formula is C10H10N2S2. The maximum atomic E-state index is 4.15. The molecule has 0 N–H and O–H groups in total. The van der Waals surface area contributed by atoms with E-state index in [1.54, 1.807) is 23.1 Å². The van der Waals surface area contributed by atoms with E-state index >= 15 is 0 Å². The third kappa shape index (κ3) is 2.13. The highest BCUT2D eigenvalue weighted by Crippen LogP contribution is 2.28. The van der Waals surface area contributed by atoms with Gasteiger partial charge in [0.1, 0.15) is 5.01 Å². The molecule has 0 spiro atoms. The van der Waals surface area contributed by atoms with Gasteiger partial charge in [0.25, 0.3) is 0 Å². The molecular weight excluding hydrogens is 212 g/mol. The molecule has 0 unspecified atom stereocenters. The largest absolute Gasteiger partial charge is 0.174 e. The standard InChI is InChI=1S/C10H10N2S2/c1-2-13-10-12-11-9(14-10)8-6-4-3-5-7-8/h3-7H,2H2,1H3. The highest BCUT2D eigenvalue weighted by atomic mass is 32.2. The van der Waals surface area contributed by atoms with Gasteiger partial charge >= 0.3 is 0 Å². The molecule has 1 aromatic heterocycles. The molecule has 0 saturated heterocycles. The van der Waals surface area contributed by atoms with Crippen molar-refractivity contribution in [3.8, 4) is 10.6 Å². The van der Waals surface area contributed by atoms with Crippen LogP contribution in [0.3, 0.4) is 0 Å². The lowest BCUT2D eigenvalue weighted by atomic mass is 10.2. The summed E-state index contributed by atoms with van der Waals surface area (Å²) in [7, 11) is 0. The Bertz CT molecular complexity index is 398.